The van der Waals surface area contributed by atoms with Crippen molar-refractivity contribution in [3.05, 3.63) is 33.1 Å². The molecule has 0 saturated carbocycles. The summed E-state index contributed by atoms with van der Waals surface area (Å²) < 4.78 is 13.7. The van der Waals surface area contributed by atoms with E-state index in [4.69, 9.17) is 5.11 Å². The van der Waals surface area contributed by atoms with E-state index in [0.717, 1.165) is 6.07 Å². The van der Waals surface area contributed by atoms with Crippen molar-refractivity contribution in [2.24, 2.45) is 5.92 Å². The van der Waals surface area contributed by atoms with E-state index < -0.39 is 17.7 Å². The highest BCUT2D eigenvalue weighted by molar-refractivity contribution is 14.1. The molecule has 6 heteroatoms. The summed E-state index contributed by atoms with van der Waals surface area (Å²) in [5.74, 6) is -2.50. The lowest BCUT2D eigenvalue weighted by Crippen LogP contribution is -2.34. The van der Waals surface area contributed by atoms with Gasteiger partial charge in [-0.15, -0.1) is 0 Å². The number of benzene rings is 1. The SMILES string of the molecule is CC(CN(C)C(=O)c1cc(F)ccc1I)C(=O)O. The molecule has 1 rings (SSSR count). The molecule has 18 heavy (non-hydrogen) atoms. The van der Waals surface area contributed by atoms with Crippen LogP contribution >= 0.6 is 22.6 Å². The first-order chi connectivity index (χ1) is 8.32. The van der Waals surface area contributed by atoms with Gasteiger partial charge in [0.2, 0.25) is 0 Å². The third-order valence-electron chi connectivity index (χ3n) is 2.47. The van der Waals surface area contributed by atoms with E-state index in [9.17, 15) is 14.0 Å². The molecule has 0 aliphatic heterocycles. The highest BCUT2D eigenvalue weighted by Gasteiger charge is 2.20. The number of hydrogen-bond donors (Lipinski definition) is 1. The first kappa shape index (κ1) is 14.9. The van der Waals surface area contributed by atoms with Crippen LogP contribution in [0.2, 0.25) is 0 Å². The van der Waals surface area contributed by atoms with Gasteiger partial charge in [0.05, 0.1) is 11.5 Å². The summed E-state index contributed by atoms with van der Waals surface area (Å²) in [5, 5.41) is 8.78. The fraction of sp³-hybridized carbons (Fsp3) is 0.333. The van der Waals surface area contributed by atoms with Gasteiger partial charge in [0.1, 0.15) is 5.82 Å². The summed E-state index contributed by atoms with van der Waals surface area (Å²) in [6.07, 6.45) is 0. The minimum absolute atomic E-state index is 0.0841. The van der Waals surface area contributed by atoms with Gasteiger partial charge >= 0.3 is 5.97 Å². The molecular weight excluding hydrogens is 352 g/mol. The zero-order chi connectivity index (χ0) is 13.9. The Morgan fingerprint density at radius 1 is 1.50 bits per heavy atom. The first-order valence-electron chi connectivity index (χ1n) is 5.26. The van der Waals surface area contributed by atoms with Gasteiger partial charge in [-0.1, -0.05) is 6.92 Å². The van der Waals surface area contributed by atoms with E-state index in [-0.39, 0.29) is 18.0 Å². The van der Waals surface area contributed by atoms with Gasteiger partial charge in [0.25, 0.3) is 5.91 Å². The first-order valence-corrected chi connectivity index (χ1v) is 6.34. The van der Waals surface area contributed by atoms with E-state index in [2.05, 4.69) is 0 Å². The molecule has 0 fully saturated rings. The minimum atomic E-state index is -0.969. The third kappa shape index (κ3) is 3.66. The molecule has 4 nitrogen and oxygen atoms in total. The molecule has 1 unspecified atom stereocenters. The molecule has 0 aliphatic carbocycles. The fourth-order valence-electron chi connectivity index (χ4n) is 1.44. The number of carbonyl (C=O) groups is 2. The van der Waals surface area contributed by atoms with E-state index >= 15 is 0 Å². The number of hydrogen-bond acceptors (Lipinski definition) is 2. The molecule has 0 radical (unpaired) electrons. The molecule has 0 aromatic heterocycles. The summed E-state index contributed by atoms with van der Waals surface area (Å²) in [6.45, 7) is 1.60. The van der Waals surface area contributed by atoms with Crippen LogP contribution in [0.3, 0.4) is 0 Å². The summed E-state index contributed by atoms with van der Waals surface area (Å²) >= 11 is 1.94. The molecule has 1 amide bonds. The molecule has 0 bridgehead atoms. The standard InChI is InChI=1S/C12H13FINO3/c1-7(12(17)18)6-15(2)11(16)9-5-8(13)3-4-10(9)14/h3-5,7H,6H2,1-2H3,(H,17,18). The van der Waals surface area contributed by atoms with Crippen LogP contribution in [0, 0.1) is 15.3 Å². The van der Waals surface area contributed by atoms with Crippen molar-refractivity contribution in [2.75, 3.05) is 13.6 Å². The molecule has 1 aromatic carbocycles. The van der Waals surface area contributed by atoms with Gasteiger partial charge in [-0.2, -0.15) is 0 Å². The number of carbonyl (C=O) groups excluding carboxylic acids is 1. The van der Waals surface area contributed by atoms with Gasteiger partial charge in [-0.3, -0.25) is 9.59 Å². The summed E-state index contributed by atoms with van der Waals surface area (Å²) in [7, 11) is 1.50. The second-order valence-corrected chi connectivity index (χ2v) is 5.21. The highest BCUT2D eigenvalue weighted by Crippen LogP contribution is 2.16. The van der Waals surface area contributed by atoms with Crippen molar-refractivity contribution in [3.8, 4) is 0 Å². The zero-order valence-electron chi connectivity index (χ0n) is 9.98. The van der Waals surface area contributed by atoms with E-state index in [1.807, 2.05) is 22.6 Å². The fourth-order valence-corrected chi connectivity index (χ4v) is 2.01. The van der Waals surface area contributed by atoms with Crippen LogP contribution in [-0.4, -0.2) is 35.5 Å². The Balaban J connectivity index is 2.86. The highest BCUT2D eigenvalue weighted by atomic mass is 127. The summed E-state index contributed by atoms with van der Waals surface area (Å²) in [5.41, 5.74) is 0.246. The Labute approximate surface area is 118 Å². The maximum atomic E-state index is 13.1. The number of carboxylic acids is 1. The van der Waals surface area contributed by atoms with Crippen LogP contribution < -0.4 is 0 Å². The van der Waals surface area contributed by atoms with Crippen LogP contribution in [0.25, 0.3) is 0 Å². The monoisotopic (exact) mass is 365 g/mol. The number of halogens is 2. The van der Waals surface area contributed by atoms with Crippen LogP contribution in [0.1, 0.15) is 17.3 Å². The predicted molar refractivity (Wildman–Crippen MR) is 72.9 cm³/mol. The van der Waals surface area contributed by atoms with Crippen LogP contribution in [0.15, 0.2) is 18.2 Å². The minimum Gasteiger partial charge on any atom is -0.481 e. The summed E-state index contributed by atoms with van der Waals surface area (Å²) in [6, 6.07) is 3.95. The van der Waals surface area contributed by atoms with Gasteiger partial charge in [-0.25, -0.2) is 4.39 Å². The Kier molecular flexibility index (Phi) is 5.06. The molecule has 1 atom stereocenters. The van der Waals surface area contributed by atoms with Crippen molar-refractivity contribution < 1.29 is 19.1 Å². The number of aliphatic carboxylic acids is 1. The number of rotatable bonds is 4. The predicted octanol–water partition coefficient (Wildman–Crippen LogP) is 2.22. The Hall–Kier alpha value is -1.18. The van der Waals surface area contributed by atoms with E-state index in [1.54, 1.807) is 0 Å². The lowest BCUT2D eigenvalue weighted by Gasteiger charge is -2.20. The lowest BCUT2D eigenvalue weighted by atomic mass is 10.1. The van der Waals surface area contributed by atoms with Gasteiger partial charge in [0.15, 0.2) is 0 Å². The van der Waals surface area contributed by atoms with Gasteiger partial charge < -0.3 is 10.0 Å². The van der Waals surface area contributed by atoms with Crippen LogP contribution in [-0.2, 0) is 4.79 Å². The lowest BCUT2D eigenvalue weighted by molar-refractivity contribution is -0.141. The van der Waals surface area contributed by atoms with Gasteiger partial charge in [-0.05, 0) is 40.8 Å². The molecule has 0 heterocycles. The Morgan fingerprint density at radius 3 is 2.67 bits per heavy atom. The topological polar surface area (TPSA) is 57.6 Å². The van der Waals surface area contributed by atoms with Crippen molar-refractivity contribution in [1.82, 2.24) is 4.90 Å². The third-order valence-corrected chi connectivity index (χ3v) is 3.42. The van der Waals surface area contributed by atoms with Crippen molar-refractivity contribution >= 4 is 34.5 Å². The summed E-state index contributed by atoms with van der Waals surface area (Å²) in [4.78, 5) is 24.0. The molecular formula is C12H13FINO3. The normalized spacial score (nSPS) is 12.0. The quantitative estimate of drug-likeness (QED) is 0.833. The molecule has 1 aromatic rings. The van der Waals surface area contributed by atoms with Gasteiger partial charge in [0, 0.05) is 17.2 Å². The zero-order valence-corrected chi connectivity index (χ0v) is 12.1. The second kappa shape index (κ2) is 6.12. The molecule has 0 saturated heterocycles. The number of amides is 1. The average Bonchev–Trinajstić information content (AvgIpc) is 2.31. The maximum Gasteiger partial charge on any atom is 0.308 e. The van der Waals surface area contributed by atoms with Crippen LogP contribution in [0.5, 0.6) is 0 Å². The Bertz CT molecular complexity index is 478. The number of carboxylic acid groups (broad SMARTS) is 1. The smallest absolute Gasteiger partial charge is 0.308 e. The maximum absolute atomic E-state index is 13.1. The molecule has 0 aliphatic rings. The largest absolute Gasteiger partial charge is 0.481 e. The molecule has 98 valence electrons. The van der Waals surface area contributed by atoms with E-state index in [1.165, 1.54) is 31.0 Å². The Morgan fingerprint density at radius 2 is 2.11 bits per heavy atom. The van der Waals surface area contributed by atoms with Crippen molar-refractivity contribution in [2.45, 2.75) is 6.92 Å². The van der Waals surface area contributed by atoms with Crippen LogP contribution in [0.4, 0.5) is 4.39 Å². The average molecular weight is 365 g/mol. The molecule has 0 spiro atoms. The van der Waals surface area contributed by atoms with E-state index in [0.29, 0.717) is 3.57 Å². The molecule has 1 N–H and O–H groups in total. The van der Waals surface area contributed by atoms with Crippen molar-refractivity contribution in [1.29, 1.82) is 0 Å². The second-order valence-electron chi connectivity index (χ2n) is 4.05. The van der Waals surface area contributed by atoms with Crippen molar-refractivity contribution in [3.63, 3.8) is 0 Å². The number of nitrogens with zero attached hydrogens (tertiary/aromatic N) is 1.